The van der Waals surface area contributed by atoms with Crippen molar-refractivity contribution in [3.8, 4) is 16.9 Å². The molecule has 3 atom stereocenters. The van der Waals surface area contributed by atoms with Crippen LogP contribution in [0.25, 0.3) is 16.9 Å². The molecule has 0 radical (unpaired) electrons. The number of para-hydroxylation sites is 1. The molecule has 0 spiro atoms. The maximum absolute atomic E-state index is 14.0. The number of anilines is 1. The molecular weight excluding hydrogens is 560 g/mol. The Labute approximate surface area is 246 Å². The predicted octanol–water partition coefficient (Wildman–Crippen LogP) is 3.53. The van der Waals surface area contributed by atoms with Crippen LogP contribution < -0.4 is 21.5 Å². The molecule has 4 aromatic rings. The first-order valence-electron chi connectivity index (χ1n) is 13.8. The zero-order valence-electron chi connectivity index (χ0n) is 24.1. The molecule has 13 heteroatoms. The maximum atomic E-state index is 14.0. The summed E-state index contributed by atoms with van der Waals surface area (Å²) in [5.41, 5.74) is 2.50. The molecule has 1 aliphatic heterocycles. The Balaban J connectivity index is 1.49. The molecule has 2 aromatic heterocycles. The van der Waals surface area contributed by atoms with E-state index in [2.05, 4.69) is 16.0 Å². The maximum Gasteiger partial charge on any atom is 0.320 e. The summed E-state index contributed by atoms with van der Waals surface area (Å²) in [6.07, 6.45) is -0.304. The zero-order valence-corrected chi connectivity index (χ0v) is 24.1. The van der Waals surface area contributed by atoms with Crippen molar-refractivity contribution in [3.63, 3.8) is 0 Å². The second-order valence-electron chi connectivity index (χ2n) is 10.2. The lowest BCUT2D eigenvalue weighted by Crippen LogP contribution is -2.42. The summed E-state index contributed by atoms with van der Waals surface area (Å²) in [7, 11) is 3.12. The number of hydrogen-bond donors (Lipinski definition) is 4. The van der Waals surface area contributed by atoms with Crippen molar-refractivity contribution in [2.45, 2.75) is 32.2 Å². The highest BCUT2D eigenvalue weighted by molar-refractivity contribution is 5.91. The first-order chi connectivity index (χ1) is 20.6. The molecule has 0 aliphatic carbocycles. The van der Waals surface area contributed by atoms with E-state index in [9.17, 15) is 23.5 Å². The minimum atomic E-state index is -1.18. The third-order valence-corrected chi connectivity index (χ3v) is 7.38. The first-order valence-corrected chi connectivity index (χ1v) is 13.8. The quantitative estimate of drug-likeness (QED) is 0.230. The van der Waals surface area contributed by atoms with E-state index in [0.717, 1.165) is 12.1 Å². The lowest BCUT2D eigenvalue weighted by Gasteiger charge is -2.20. The molecule has 1 saturated heterocycles. The van der Waals surface area contributed by atoms with Crippen molar-refractivity contribution in [1.29, 1.82) is 0 Å². The van der Waals surface area contributed by atoms with Crippen molar-refractivity contribution in [2.24, 2.45) is 7.05 Å². The highest BCUT2D eigenvalue weighted by atomic mass is 19.2. The van der Waals surface area contributed by atoms with Crippen molar-refractivity contribution < 1.29 is 23.5 Å². The number of likely N-dealkylation sites (N-methyl/N-ethyl adjacent to an activating group) is 1. The summed E-state index contributed by atoms with van der Waals surface area (Å²) >= 11 is 0. The highest BCUT2D eigenvalue weighted by Crippen LogP contribution is 2.32. The van der Waals surface area contributed by atoms with Crippen LogP contribution >= 0.6 is 0 Å². The second kappa shape index (κ2) is 12.4. The topological polar surface area (TPSA) is 126 Å². The van der Waals surface area contributed by atoms with Gasteiger partial charge in [-0.3, -0.25) is 20.3 Å². The van der Waals surface area contributed by atoms with E-state index in [1.807, 2.05) is 37.3 Å². The van der Waals surface area contributed by atoms with Crippen molar-refractivity contribution in [1.82, 2.24) is 30.0 Å². The van der Waals surface area contributed by atoms with Gasteiger partial charge in [-0.25, -0.2) is 18.3 Å². The minimum absolute atomic E-state index is 0.147. The Bertz CT molecular complexity index is 1690. The lowest BCUT2D eigenvalue weighted by molar-refractivity contribution is -0.144. The molecule has 1 aliphatic rings. The number of hydroxylamine groups is 2. The Morgan fingerprint density at radius 2 is 1.91 bits per heavy atom. The summed E-state index contributed by atoms with van der Waals surface area (Å²) in [4.78, 5) is 32.1. The van der Waals surface area contributed by atoms with Crippen molar-refractivity contribution in [3.05, 3.63) is 99.5 Å². The molecule has 43 heavy (non-hydrogen) atoms. The lowest BCUT2D eigenvalue weighted by atomic mass is 10.0. The molecule has 4 N–H and O–H groups in total. The number of urea groups is 1. The Morgan fingerprint density at radius 1 is 1.16 bits per heavy atom. The van der Waals surface area contributed by atoms with E-state index in [1.54, 1.807) is 43.0 Å². The Hall–Kier alpha value is -4.43. The van der Waals surface area contributed by atoms with Gasteiger partial charge in [0.1, 0.15) is 18.1 Å². The highest BCUT2D eigenvalue weighted by Gasteiger charge is 2.36. The molecule has 2 amide bonds. The van der Waals surface area contributed by atoms with Gasteiger partial charge in [-0.1, -0.05) is 31.2 Å². The fraction of sp³-hybridized carbons (Fsp3) is 0.300. The van der Waals surface area contributed by atoms with Crippen molar-refractivity contribution >= 4 is 11.8 Å². The number of halogens is 2. The number of hydrogen-bond acceptors (Lipinski definition) is 7. The summed E-state index contributed by atoms with van der Waals surface area (Å²) in [6.45, 7) is 4.52. The third kappa shape index (κ3) is 6.06. The number of rotatable bonds is 8. The number of pyridine rings is 1. The van der Waals surface area contributed by atoms with E-state index in [-0.39, 0.29) is 11.1 Å². The Morgan fingerprint density at radius 3 is 2.58 bits per heavy atom. The number of nitrogens with one attached hydrogen (secondary N) is 3. The number of aryl methyl sites for hydroxylation is 1. The largest absolute Gasteiger partial charge is 0.374 e. The standard InChI is InChI=1S/C30H33F2N7O4/c1-5-38-16-24(26(43-38)18-11-12-22(31)23(32)14-18)34-30(42)35-27-17(2)25(36-39(27)20-9-7-6-8-10-20)19-13-21(28(40)33-3)29(41)37(4)15-19/h6-15,24,26,28,33,40H,5,16H2,1-4H3,(H2,34,35,42)/t24-,26+,28?/m1/s1. The number of carbonyl (C=O) groups excluding carboxylic acids is 1. The number of carbonyl (C=O) groups is 1. The van der Waals surface area contributed by atoms with Gasteiger partial charge in [0, 0.05) is 37.5 Å². The number of benzene rings is 2. The van der Waals surface area contributed by atoms with Crippen LogP contribution in [0.15, 0.2) is 65.6 Å². The fourth-order valence-corrected chi connectivity index (χ4v) is 5.10. The first kappa shape index (κ1) is 30.0. The fourth-order valence-electron chi connectivity index (χ4n) is 5.10. The minimum Gasteiger partial charge on any atom is -0.374 e. The van der Waals surface area contributed by atoms with Crippen LogP contribution in [0.1, 0.15) is 35.9 Å². The van der Waals surface area contributed by atoms with E-state index in [1.165, 1.54) is 10.6 Å². The average Bonchev–Trinajstić information content (AvgIpc) is 3.56. The molecule has 5 rings (SSSR count). The molecule has 1 unspecified atom stereocenters. The van der Waals surface area contributed by atoms with Gasteiger partial charge in [0.2, 0.25) is 0 Å². The molecule has 0 bridgehead atoms. The van der Waals surface area contributed by atoms with Crippen LogP contribution in [0, 0.1) is 18.6 Å². The van der Waals surface area contributed by atoms with Gasteiger partial charge in [-0.15, -0.1) is 0 Å². The zero-order chi connectivity index (χ0) is 30.8. The summed E-state index contributed by atoms with van der Waals surface area (Å²) in [5, 5.41) is 25.3. The monoisotopic (exact) mass is 593 g/mol. The number of aliphatic hydroxyl groups excluding tert-OH is 1. The summed E-state index contributed by atoms with van der Waals surface area (Å²) < 4.78 is 30.6. The van der Waals surface area contributed by atoms with Gasteiger partial charge >= 0.3 is 6.03 Å². The number of aliphatic hydroxyl groups is 1. The average molecular weight is 594 g/mol. The van der Waals surface area contributed by atoms with E-state index < -0.39 is 36.0 Å². The third-order valence-electron chi connectivity index (χ3n) is 7.38. The number of amides is 2. The molecule has 2 aromatic carbocycles. The van der Waals surface area contributed by atoms with Gasteiger partial charge in [-0.2, -0.15) is 10.2 Å². The predicted molar refractivity (Wildman–Crippen MR) is 156 cm³/mol. The Kier molecular flexibility index (Phi) is 8.69. The van der Waals surface area contributed by atoms with E-state index in [4.69, 9.17) is 9.94 Å². The van der Waals surface area contributed by atoms with Crippen LogP contribution in [-0.4, -0.2) is 56.7 Å². The van der Waals surface area contributed by atoms with Crippen molar-refractivity contribution in [2.75, 3.05) is 25.5 Å². The number of aromatic nitrogens is 3. The van der Waals surface area contributed by atoms with Crippen LogP contribution in [-0.2, 0) is 11.9 Å². The van der Waals surface area contributed by atoms with Gasteiger partial charge in [0.05, 0.1) is 23.0 Å². The summed E-state index contributed by atoms with van der Waals surface area (Å²) in [6, 6.07) is 13.2. The molecule has 3 heterocycles. The molecule has 0 saturated carbocycles. The second-order valence-corrected chi connectivity index (χ2v) is 10.2. The normalized spacial score (nSPS) is 17.7. The molecule has 11 nitrogen and oxygen atoms in total. The SMILES string of the molecule is CCN1C[C@@H](NC(=O)Nc2c(C)c(-c3cc(C(O)NC)c(=O)n(C)c3)nn2-c2ccccc2)[C@H](c2ccc(F)c(F)c2)O1. The molecule has 1 fully saturated rings. The van der Waals surface area contributed by atoms with Crippen LogP contribution in [0.2, 0.25) is 0 Å². The van der Waals surface area contributed by atoms with Gasteiger partial charge in [-0.05, 0) is 49.9 Å². The van der Waals surface area contributed by atoms with Crippen LogP contribution in [0.4, 0.5) is 19.4 Å². The van der Waals surface area contributed by atoms with Gasteiger partial charge in [0.15, 0.2) is 11.6 Å². The van der Waals surface area contributed by atoms with Crippen LogP contribution in [0.5, 0.6) is 0 Å². The van der Waals surface area contributed by atoms with E-state index >= 15 is 0 Å². The molecule has 226 valence electrons. The smallest absolute Gasteiger partial charge is 0.320 e. The van der Waals surface area contributed by atoms with Crippen LogP contribution in [0.3, 0.4) is 0 Å². The number of nitrogens with zero attached hydrogens (tertiary/aromatic N) is 4. The molecular formula is C30H33F2N7O4. The van der Waals surface area contributed by atoms with Gasteiger partial charge < -0.3 is 15.0 Å². The van der Waals surface area contributed by atoms with E-state index in [0.29, 0.717) is 47.0 Å². The summed E-state index contributed by atoms with van der Waals surface area (Å²) in [5.74, 6) is -1.60. The van der Waals surface area contributed by atoms with Gasteiger partial charge in [0.25, 0.3) is 5.56 Å².